The summed E-state index contributed by atoms with van der Waals surface area (Å²) in [5, 5.41) is 4.58. The van der Waals surface area contributed by atoms with Crippen LogP contribution in [-0.4, -0.2) is 16.5 Å². The molecule has 0 amide bonds. The molecule has 0 aliphatic carbocycles. The molecule has 0 bridgehead atoms. The molecule has 1 aromatic carbocycles. The summed E-state index contributed by atoms with van der Waals surface area (Å²) in [5.74, 6) is 1.07. The van der Waals surface area contributed by atoms with E-state index in [-0.39, 0.29) is 11.0 Å². The number of hydrogen-bond donors (Lipinski definition) is 1. The molecule has 0 radical (unpaired) electrons. The Morgan fingerprint density at radius 3 is 2.58 bits per heavy atom. The number of para-hydroxylation sites is 1. The van der Waals surface area contributed by atoms with E-state index in [2.05, 4.69) is 64.2 Å². The Kier molecular flexibility index (Phi) is 3.95. The molecular formula is C16H24N2S. The van der Waals surface area contributed by atoms with Gasteiger partial charge in [0.15, 0.2) is 5.17 Å². The fourth-order valence-electron chi connectivity index (χ4n) is 2.14. The molecular weight excluding hydrogens is 252 g/mol. The van der Waals surface area contributed by atoms with Crippen molar-refractivity contribution < 1.29 is 0 Å². The molecule has 2 rings (SSSR count). The lowest BCUT2D eigenvalue weighted by Crippen LogP contribution is -2.20. The van der Waals surface area contributed by atoms with Gasteiger partial charge in [-0.25, -0.2) is 0 Å². The van der Waals surface area contributed by atoms with E-state index in [9.17, 15) is 0 Å². The van der Waals surface area contributed by atoms with Crippen molar-refractivity contribution in [1.29, 1.82) is 0 Å². The summed E-state index contributed by atoms with van der Waals surface area (Å²) < 4.78 is 0. The maximum absolute atomic E-state index is 4.83. The largest absolute Gasteiger partial charge is 0.335 e. The quantitative estimate of drug-likeness (QED) is 0.849. The second-order valence-corrected chi connectivity index (χ2v) is 7.44. The molecule has 0 saturated carbocycles. The van der Waals surface area contributed by atoms with Crippen molar-refractivity contribution in [3.8, 4) is 0 Å². The van der Waals surface area contributed by atoms with Gasteiger partial charge in [0.1, 0.15) is 0 Å². The van der Waals surface area contributed by atoms with Crippen LogP contribution >= 0.6 is 11.8 Å². The molecule has 0 spiro atoms. The van der Waals surface area contributed by atoms with Crippen molar-refractivity contribution in [3.05, 3.63) is 29.8 Å². The summed E-state index contributed by atoms with van der Waals surface area (Å²) in [6, 6.07) is 8.52. The average molecular weight is 276 g/mol. The van der Waals surface area contributed by atoms with E-state index < -0.39 is 0 Å². The van der Waals surface area contributed by atoms with E-state index in [1.807, 2.05) is 11.8 Å². The van der Waals surface area contributed by atoms with Crippen LogP contribution in [-0.2, 0) is 5.41 Å². The maximum Gasteiger partial charge on any atom is 0.161 e. The first-order valence-electron chi connectivity index (χ1n) is 6.93. The number of anilines is 1. The van der Waals surface area contributed by atoms with Gasteiger partial charge in [-0.05, 0) is 30.4 Å². The summed E-state index contributed by atoms with van der Waals surface area (Å²) in [4.78, 5) is 4.83. The molecule has 0 saturated heterocycles. The third-order valence-corrected chi connectivity index (χ3v) is 4.86. The Morgan fingerprint density at radius 1 is 1.32 bits per heavy atom. The average Bonchev–Trinajstić information content (AvgIpc) is 2.71. The maximum atomic E-state index is 4.83. The van der Waals surface area contributed by atoms with Gasteiger partial charge in [0.2, 0.25) is 0 Å². The second-order valence-electron chi connectivity index (χ2n) is 6.48. The highest BCUT2D eigenvalue weighted by molar-refractivity contribution is 8.14. The molecule has 19 heavy (non-hydrogen) atoms. The SMILES string of the molecule is CCC1(C)CSC(Nc2ccccc2C(C)(C)C)=N1. The van der Waals surface area contributed by atoms with Gasteiger partial charge >= 0.3 is 0 Å². The monoisotopic (exact) mass is 276 g/mol. The van der Waals surface area contributed by atoms with Gasteiger partial charge in [-0.3, -0.25) is 4.99 Å². The zero-order valence-corrected chi connectivity index (χ0v) is 13.4. The molecule has 0 aromatic heterocycles. The zero-order valence-electron chi connectivity index (χ0n) is 12.6. The summed E-state index contributed by atoms with van der Waals surface area (Å²) in [5.41, 5.74) is 2.76. The van der Waals surface area contributed by atoms with E-state index in [1.165, 1.54) is 11.3 Å². The Balaban J connectivity index is 2.24. The van der Waals surface area contributed by atoms with E-state index >= 15 is 0 Å². The number of aliphatic imine (C=N–C) groups is 1. The Morgan fingerprint density at radius 2 is 2.00 bits per heavy atom. The number of amidine groups is 1. The van der Waals surface area contributed by atoms with E-state index in [0.29, 0.717) is 0 Å². The number of nitrogens with one attached hydrogen (secondary N) is 1. The van der Waals surface area contributed by atoms with Crippen molar-refractivity contribution in [3.63, 3.8) is 0 Å². The minimum Gasteiger partial charge on any atom is -0.335 e. The van der Waals surface area contributed by atoms with Crippen molar-refractivity contribution in [2.24, 2.45) is 4.99 Å². The van der Waals surface area contributed by atoms with Crippen LogP contribution in [0, 0.1) is 0 Å². The summed E-state index contributed by atoms with van der Waals surface area (Å²) in [6.07, 6.45) is 1.09. The predicted molar refractivity (Wildman–Crippen MR) is 87.4 cm³/mol. The predicted octanol–water partition coefficient (Wildman–Crippen LogP) is 4.67. The van der Waals surface area contributed by atoms with Gasteiger partial charge in [0.25, 0.3) is 0 Å². The molecule has 1 aliphatic heterocycles. The molecule has 1 aromatic rings. The molecule has 1 N–H and O–H groups in total. The van der Waals surface area contributed by atoms with Crippen molar-refractivity contribution in [2.45, 2.75) is 52.0 Å². The standard InChI is InChI=1S/C16H24N2S/c1-6-16(5)11-19-14(18-16)17-13-10-8-7-9-12(13)15(2,3)4/h7-10H,6,11H2,1-5H3,(H,17,18). The fourth-order valence-corrected chi connectivity index (χ4v) is 3.32. The van der Waals surface area contributed by atoms with Crippen molar-refractivity contribution >= 4 is 22.6 Å². The van der Waals surface area contributed by atoms with Crippen LogP contribution in [0.3, 0.4) is 0 Å². The van der Waals surface area contributed by atoms with Gasteiger partial charge in [0, 0.05) is 11.4 Å². The van der Waals surface area contributed by atoms with Gasteiger partial charge in [-0.2, -0.15) is 0 Å². The third-order valence-electron chi connectivity index (χ3n) is 3.63. The van der Waals surface area contributed by atoms with Gasteiger partial charge < -0.3 is 5.32 Å². The smallest absolute Gasteiger partial charge is 0.161 e. The Labute approximate surface area is 121 Å². The highest BCUT2D eigenvalue weighted by atomic mass is 32.2. The lowest BCUT2D eigenvalue weighted by Gasteiger charge is -2.23. The molecule has 1 heterocycles. The van der Waals surface area contributed by atoms with Crippen LogP contribution in [0.1, 0.15) is 46.6 Å². The normalized spacial score (nSPS) is 23.3. The first-order chi connectivity index (χ1) is 8.84. The number of benzene rings is 1. The fraction of sp³-hybridized carbons (Fsp3) is 0.562. The Bertz CT molecular complexity index is 488. The molecule has 0 fully saturated rings. The van der Waals surface area contributed by atoms with E-state index in [1.54, 1.807) is 0 Å². The Hall–Kier alpha value is -0.960. The topological polar surface area (TPSA) is 24.4 Å². The van der Waals surface area contributed by atoms with Gasteiger partial charge in [-0.15, -0.1) is 0 Å². The van der Waals surface area contributed by atoms with Gasteiger partial charge in [0.05, 0.1) is 5.54 Å². The highest BCUT2D eigenvalue weighted by Crippen LogP contribution is 2.33. The second kappa shape index (κ2) is 5.20. The van der Waals surface area contributed by atoms with Crippen LogP contribution in [0.15, 0.2) is 29.3 Å². The van der Waals surface area contributed by atoms with Crippen LogP contribution in [0.4, 0.5) is 5.69 Å². The minimum atomic E-state index is 0.101. The number of rotatable bonds is 2. The lowest BCUT2D eigenvalue weighted by atomic mass is 9.86. The van der Waals surface area contributed by atoms with Crippen LogP contribution < -0.4 is 5.32 Å². The molecule has 104 valence electrons. The summed E-state index contributed by atoms with van der Waals surface area (Å²) >= 11 is 1.83. The summed E-state index contributed by atoms with van der Waals surface area (Å²) in [7, 11) is 0. The molecule has 3 heteroatoms. The van der Waals surface area contributed by atoms with Crippen LogP contribution in [0.5, 0.6) is 0 Å². The van der Waals surface area contributed by atoms with E-state index in [4.69, 9.17) is 4.99 Å². The molecule has 1 atom stereocenters. The molecule has 2 nitrogen and oxygen atoms in total. The molecule has 1 unspecified atom stereocenters. The lowest BCUT2D eigenvalue weighted by molar-refractivity contribution is 0.523. The van der Waals surface area contributed by atoms with Crippen molar-refractivity contribution in [2.75, 3.05) is 11.1 Å². The highest BCUT2D eigenvalue weighted by Gasteiger charge is 2.29. The van der Waals surface area contributed by atoms with Crippen molar-refractivity contribution in [1.82, 2.24) is 0 Å². The van der Waals surface area contributed by atoms with Crippen LogP contribution in [0.25, 0.3) is 0 Å². The zero-order chi connectivity index (χ0) is 14.1. The summed E-state index contributed by atoms with van der Waals surface area (Å²) in [6.45, 7) is 11.2. The minimum absolute atomic E-state index is 0.101. The number of hydrogen-bond acceptors (Lipinski definition) is 3. The third kappa shape index (κ3) is 3.33. The van der Waals surface area contributed by atoms with E-state index in [0.717, 1.165) is 17.3 Å². The molecule has 1 aliphatic rings. The first-order valence-corrected chi connectivity index (χ1v) is 7.92. The number of nitrogens with zero attached hydrogens (tertiary/aromatic N) is 1. The number of thioether (sulfide) groups is 1. The van der Waals surface area contributed by atoms with Gasteiger partial charge in [-0.1, -0.05) is 57.7 Å². The van der Waals surface area contributed by atoms with Crippen LogP contribution in [0.2, 0.25) is 0 Å². The first kappa shape index (κ1) is 14.4.